The van der Waals surface area contributed by atoms with Gasteiger partial charge in [0, 0.05) is 26.1 Å². The molecule has 24 heavy (non-hydrogen) atoms. The molecule has 0 aliphatic carbocycles. The third kappa shape index (κ3) is 5.34. The van der Waals surface area contributed by atoms with Crippen molar-refractivity contribution in [3.05, 3.63) is 35.9 Å². The molecule has 1 N–H and O–H groups in total. The molecule has 1 atom stereocenters. The van der Waals surface area contributed by atoms with Crippen LogP contribution in [0.15, 0.2) is 30.3 Å². The van der Waals surface area contributed by atoms with Crippen LogP contribution in [0.2, 0.25) is 0 Å². The van der Waals surface area contributed by atoms with Crippen molar-refractivity contribution >= 4 is 11.8 Å². The first-order valence-electron chi connectivity index (χ1n) is 8.95. The van der Waals surface area contributed by atoms with Crippen molar-refractivity contribution in [3.8, 4) is 0 Å². The zero-order valence-corrected chi connectivity index (χ0v) is 14.8. The van der Waals surface area contributed by atoms with E-state index in [1.165, 1.54) is 0 Å². The minimum absolute atomic E-state index is 0.0125. The second kappa shape index (κ2) is 9.42. The first-order chi connectivity index (χ1) is 11.6. The van der Waals surface area contributed by atoms with Gasteiger partial charge in [-0.3, -0.25) is 9.59 Å². The van der Waals surface area contributed by atoms with E-state index in [-0.39, 0.29) is 17.7 Å². The summed E-state index contributed by atoms with van der Waals surface area (Å²) < 4.78 is 0. The van der Waals surface area contributed by atoms with Gasteiger partial charge in [-0.1, -0.05) is 44.2 Å². The smallest absolute Gasteiger partial charge is 0.225 e. The molecule has 1 aromatic rings. The van der Waals surface area contributed by atoms with Gasteiger partial charge in [0.05, 0.1) is 5.92 Å². The van der Waals surface area contributed by atoms with Crippen molar-refractivity contribution in [1.82, 2.24) is 15.1 Å². The van der Waals surface area contributed by atoms with E-state index in [2.05, 4.69) is 24.1 Å². The number of hydrogen-bond acceptors (Lipinski definition) is 3. The second-order valence-corrected chi connectivity index (χ2v) is 6.33. The molecule has 0 aromatic heterocycles. The van der Waals surface area contributed by atoms with E-state index in [0.29, 0.717) is 26.1 Å². The van der Waals surface area contributed by atoms with Gasteiger partial charge in [-0.2, -0.15) is 0 Å². The Bertz CT molecular complexity index is 529. The number of nitrogens with zero attached hydrogens (tertiary/aromatic N) is 2. The molecule has 1 fully saturated rings. The number of rotatable bonds is 9. The van der Waals surface area contributed by atoms with Gasteiger partial charge in [-0.25, -0.2) is 0 Å². The molecule has 0 radical (unpaired) electrons. The number of benzene rings is 1. The molecule has 1 unspecified atom stereocenters. The SMILES string of the molecule is CCN(CC)CCCNC(=O)C1CC(=O)N(Cc2ccccc2)C1. The molecule has 2 rings (SSSR count). The number of carbonyl (C=O) groups is 2. The number of carbonyl (C=O) groups excluding carboxylic acids is 2. The molecule has 1 saturated heterocycles. The molecule has 1 heterocycles. The maximum Gasteiger partial charge on any atom is 0.225 e. The Morgan fingerprint density at radius 1 is 1.25 bits per heavy atom. The normalized spacial score (nSPS) is 17.5. The molecular formula is C19H29N3O2. The van der Waals surface area contributed by atoms with Gasteiger partial charge >= 0.3 is 0 Å². The van der Waals surface area contributed by atoms with Crippen LogP contribution in [-0.2, 0) is 16.1 Å². The summed E-state index contributed by atoms with van der Waals surface area (Å²) in [5.41, 5.74) is 1.10. The van der Waals surface area contributed by atoms with Crippen molar-refractivity contribution in [1.29, 1.82) is 0 Å². The highest BCUT2D eigenvalue weighted by molar-refractivity contribution is 5.89. The van der Waals surface area contributed by atoms with Gasteiger partial charge in [0.15, 0.2) is 0 Å². The topological polar surface area (TPSA) is 52.7 Å². The van der Waals surface area contributed by atoms with E-state index in [0.717, 1.165) is 31.6 Å². The standard InChI is InChI=1S/C19H29N3O2/c1-3-21(4-2)12-8-11-20-19(24)17-13-18(23)22(15-17)14-16-9-6-5-7-10-16/h5-7,9-10,17H,3-4,8,11-15H2,1-2H3,(H,20,24). The first kappa shape index (κ1) is 18.5. The lowest BCUT2D eigenvalue weighted by Gasteiger charge is -2.18. The summed E-state index contributed by atoms with van der Waals surface area (Å²) >= 11 is 0. The Kier molecular flexibility index (Phi) is 7.25. The van der Waals surface area contributed by atoms with Crippen molar-refractivity contribution in [2.24, 2.45) is 5.92 Å². The molecule has 2 amide bonds. The minimum Gasteiger partial charge on any atom is -0.356 e. The molecule has 0 spiro atoms. The Balaban J connectivity index is 1.73. The van der Waals surface area contributed by atoms with E-state index in [4.69, 9.17) is 0 Å². The molecule has 5 nitrogen and oxygen atoms in total. The summed E-state index contributed by atoms with van der Waals surface area (Å²) in [4.78, 5) is 28.5. The maximum absolute atomic E-state index is 12.3. The third-order valence-corrected chi connectivity index (χ3v) is 4.65. The zero-order valence-electron chi connectivity index (χ0n) is 14.8. The van der Waals surface area contributed by atoms with Crippen LogP contribution >= 0.6 is 0 Å². The van der Waals surface area contributed by atoms with Gasteiger partial charge in [-0.15, -0.1) is 0 Å². The Hall–Kier alpha value is -1.88. The van der Waals surface area contributed by atoms with Crippen molar-refractivity contribution in [2.45, 2.75) is 33.2 Å². The number of amides is 2. The van der Waals surface area contributed by atoms with Crippen molar-refractivity contribution in [3.63, 3.8) is 0 Å². The van der Waals surface area contributed by atoms with Gasteiger partial charge in [0.25, 0.3) is 0 Å². The van der Waals surface area contributed by atoms with Crippen LogP contribution in [0.25, 0.3) is 0 Å². The predicted molar refractivity (Wildman–Crippen MR) is 95.4 cm³/mol. The monoisotopic (exact) mass is 331 g/mol. The average Bonchev–Trinajstić information content (AvgIpc) is 2.96. The van der Waals surface area contributed by atoms with Gasteiger partial charge in [-0.05, 0) is 31.6 Å². The maximum atomic E-state index is 12.3. The summed E-state index contributed by atoms with van der Waals surface area (Å²) in [5.74, 6) is -0.129. The van der Waals surface area contributed by atoms with Crippen LogP contribution in [-0.4, -0.2) is 54.3 Å². The molecular weight excluding hydrogens is 302 g/mol. The lowest BCUT2D eigenvalue weighted by molar-refractivity contribution is -0.129. The van der Waals surface area contributed by atoms with Gasteiger partial charge in [0.1, 0.15) is 0 Å². The molecule has 1 aliphatic rings. The first-order valence-corrected chi connectivity index (χ1v) is 8.95. The second-order valence-electron chi connectivity index (χ2n) is 6.33. The fraction of sp³-hybridized carbons (Fsp3) is 0.579. The minimum atomic E-state index is -0.213. The van der Waals surface area contributed by atoms with Crippen molar-refractivity contribution in [2.75, 3.05) is 32.7 Å². The highest BCUT2D eigenvalue weighted by Gasteiger charge is 2.33. The van der Waals surface area contributed by atoms with Gasteiger partial charge < -0.3 is 15.1 Å². The molecule has 0 saturated carbocycles. The van der Waals surface area contributed by atoms with Crippen LogP contribution < -0.4 is 5.32 Å². The average molecular weight is 331 g/mol. The molecule has 132 valence electrons. The molecule has 0 bridgehead atoms. The lowest BCUT2D eigenvalue weighted by atomic mass is 10.1. The van der Waals surface area contributed by atoms with Gasteiger partial charge in [0.2, 0.25) is 11.8 Å². The third-order valence-electron chi connectivity index (χ3n) is 4.65. The molecule has 5 heteroatoms. The van der Waals surface area contributed by atoms with Crippen LogP contribution in [0.1, 0.15) is 32.3 Å². The van der Waals surface area contributed by atoms with E-state index in [1.54, 1.807) is 4.90 Å². The van der Waals surface area contributed by atoms with E-state index < -0.39 is 0 Å². The number of nitrogens with one attached hydrogen (secondary N) is 1. The number of likely N-dealkylation sites (tertiary alicyclic amines) is 1. The van der Waals surface area contributed by atoms with E-state index in [1.807, 2.05) is 30.3 Å². The van der Waals surface area contributed by atoms with Crippen LogP contribution in [0, 0.1) is 5.92 Å². The van der Waals surface area contributed by atoms with E-state index in [9.17, 15) is 9.59 Å². The summed E-state index contributed by atoms with van der Waals surface area (Å²) in [7, 11) is 0. The van der Waals surface area contributed by atoms with Crippen molar-refractivity contribution < 1.29 is 9.59 Å². The summed E-state index contributed by atoms with van der Waals surface area (Å²) in [6, 6.07) is 9.91. The molecule has 1 aromatic carbocycles. The highest BCUT2D eigenvalue weighted by Crippen LogP contribution is 2.20. The predicted octanol–water partition coefficient (Wildman–Crippen LogP) is 1.88. The quantitative estimate of drug-likeness (QED) is 0.703. The summed E-state index contributed by atoms with van der Waals surface area (Å²) in [6.45, 7) is 9.16. The Labute approximate surface area is 145 Å². The zero-order chi connectivity index (χ0) is 17.4. The fourth-order valence-electron chi connectivity index (χ4n) is 3.10. The lowest BCUT2D eigenvalue weighted by Crippen LogP contribution is -2.35. The highest BCUT2D eigenvalue weighted by atomic mass is 16.2. The number of hydrogen-bond donors (Lipinski definition) is 1. The van der Waals surface area contributed by atoms with Crippen LogP contribution in [0.5, 0.6) is 0 Å². The molecule has 1 aliphatic heterocycles. The fourth-order valence-corrected chi connectivity index (χ4v) is 3.10. The Morgan fingerprint density at radius 2 is 1.96 bits per heavy atom. The van der Waals surface area contributed by atoms with E-state index >= 15 is 0 Å². The largest absolute Gasteiger partial charge is 0.356 e. The Morgan fingerprint density at radius 3 is 2.62 bits per heavy atom. The summed E-state index contributed by atoms with van der Waals surface area (Å²) in [6.07, 6.45) is 1.27. The van der Waals surface area contributed by atoms with Crippen LogP contribution in [0.4, 0.5) is 0 Å². The summed E-state index contributed by atoms with van der Waals surface area (Å²) in [5, 5.41) is 2.99. The van der Waals surface area contributed by atoms with Crippen LogP contribution in [0.3, 0.4) is 0 Å².